The van der Waals surface area contributed by atoms with Gasteiger partial charge in [-0.05, 0) is 186 Å². The molecule has 11 aromatic rings. The molecule has 0 N–H and O–H groups in total. The van der Waals surface area contributed by atoms with E-state index in [1.165, 1.54) is 177 Å². The lowest BCUT2D eigenvalue weighted by molar-refractivity contribution is 0.332. The van der Waals surface area contributed by atoms with E-state index in [1.54, 1.807) is 0 Å². The Morgan fingerprint density at radius 1 is 0.474 bits per heavy atom. The van der Waals surface area contributed by atoms with Crippen molar-refractivity contribution in [3.8, 4) is 27.9 Å². The zero-order valence-electron chi connectivity index (χ0n) is 46.7. The molecule has 0 atom stereocenters. The van der Waals surface area contributed by atoms with Crippen LogP contribution in [0.4, 0.5) is 11.4 Å². The van der Waals surface area contributed by atoms with Gasteiger partial charge in [0.1, 0.15) is 0 Å². The summed E-state index contributed by atoms with van der Waals surface area (Å²) in [6, 6.07) is 49.5. The predicted molar refractivity (Wildman–Crippen MR) is 332 cm³/mol. The Kier molecular flexibility index (Phi) is 8.66. The van der Waals surface area contributed by atoms with Gasteiger partial charge >= 0.3 is 6.85 Å². The molecule has 76 heavy (non-hydrogen) atoms. The van der Waals surface area contributed by atoms with E-state index in [4.69, 9.17) is 0 Å². The van der Waals surface area contributed by atoms with Crippen molar-refractivity contribution in [2.75, 3.05) is 4.81 Å². The molecular weight excluding hydrogens is 956 g/mol. The SMILES string of the molecule is CC(C)(C)c1ccc(N2B3c4cc5sc6ccccc6c5cc4-n4c5cc6c(cc5c5c7c(c(c3c54)-c3cc4sc5cc8c(cc5c4cc32)C(C)(C)CCC8(C)C)C(C)(C)c2ccccc2-7)C(C)(C)CCC6(C)C)cc1. The highest BCUT2D eigenvalue weighted by Gasteiger charge is 2.51. The van der Waals surface area contributed by atoms with Crippen molar-refractivity contribution in [3.05, 3.63) is 160 Å². The van der Waals surface area contributed by atoms with Gasteiger partial charge in [-0.2, -0.15) is 0 Å². The van der Waals surface area contributed by atoms with Crippen LogP contribution < -0.4 is 15.7 Å². The number of anilines is 2. The normalized spacial score (nSPS) is 18.9. The van der Waals surface area contributed by atoms with E-state index in [-0.39, 0.29) is 39.3 Å². The Morgan fingerprint density at radius 2 is 1.03 bits per heavy atom. The molecule has 0 saturated heterocycles. The number of fused-ring (bicyclic) bond motifs is 21. The minimum absolute atomic E-state index is 0.0228. The van der Waals surface area contributed by atoms with Gasteiger partial charge in [0.25, 0.3) is 0 Å². The quantitative estimate of drug-likeness (QED) is 0.149. The Morgan fingerprint density at radius 3 is 1.72 bits per heavy atom. The van der Waals surface area contributed by atoms with Crippen molar-refractivity contribution >= 4 is 114 Å². The van der Waals surface area contributed by atoms with E-state index in [2.05, 4.69) is 221 Å². The summed E-state index contributed by atoms with van der Waals surface area (Å²) in [6.45, 7) is 31.9. The molecule has 0 bridgehead atoms. The van der Waals surface area contributed by atoms with Gasteiger partial charge in [0.15, 0.2) is 0 Å². The first kappa shape index (κ1) is 46.0. The van der Waals surface area contributed by atoms with E-state index in [9.17, 15) is 0 Å². The largest absolute Gasteiger partial charge is 0.376 e. The van der Waals surface area contributed by atoms with Crippen LogP contribution in [0.5, 0.6) is 0 Å². The second kappa shape index (κ2) is 14.3. The van der Waals surface area contributed by atoms with Crippen LogP contribution in [0.25, 0.3) is 90.1 Å². The van der Waals surface area contributed by atoms with Crippen LogP contribution in [0.1, 0.15) is 155 Å². The molecule has 0 radical (unpaired) electrons. The zero-order chi connectivity index (χ0) is 52.3. The highest BCUT2D eigenvalue weighted by Crippen LogP contribution is 2.61. The summed E-state index contributed by atoms with van der Waals surface area (Å²) in [7, 11) is 0. The maximum absolute atomic E-state index is 2.82. The van der Waals surface area contributed by atoms with Crippen LogP contribution in [-0.2, 0) is 32.5 Å². The lowest BCUT2D eigenvalue weighted by Crippen LogP contribution is -2.61. The van der Waals surface area contributed by atoms with E-state index in [0.717, 1.165) is 0 Å². The van der Waals surface area contributed by atoms with Crippen molar-refractivity contribution in [2.45, 2.75) is 148 Å². The first-order valence-corrected chi connectivity index (χ1v) is 29.9. The molecule has 2 aliphatic heterocycles. The third-order valence-electron chi connectivity index (χ3n) is 20.4. The van der Waals surface area contributed by atoms with E-state index < -0.39 is 0 Å². The van der Waals surface area contributed by atoms with E-state index in [0.29, 0.717) is 0 Å². The summed E-state index contributed by atoms with van der Waals surface area (Å²) < 4.78 is 8.29. The summed E-state index contributed by atoms with van der Waals surface area (Å²) in [5, 5.41) is 8.30. The molecule has 0 unspecified atom stereocenters. The Hall–Kier alpha value is -6.14. The van der Waals surface area contributed by atoms with Crippen LogP contribution in [0, 0.1) is 0 Å². The molecule has 376 valence electrons. The number of hydrogen-bond acceptors (Lipinski definition) is 3. The lowest BCUT2D eigenvalue weighted by atomic mass is 9.43. The second-order valence-electron chi connectivity index (χ2n) is 28.2. The standard InChI is InChI=1S/C71H67BN2S2/c1-66(2,3)38-22-24-39(25-23-38)74-54-32-44-42-30-48-51(70(10,11)29-27-67(48,4)5)36-58(42)76-57(44)34-46(54)62-63-60(41-19-14-16-20-47(41)71(63,12)13)61-45-31-49-50(69(8,9)28-26-68(49,6)7)35-53(45)73-55-33-43-40-18-15-17-21-56(40)75-59(43)37-52(55)72(74)64(62)65(61)73/h14-25,30-37H,26-29H2,1-13H3. The minimum atomic E-state index is -0.269. The summed E-state index contributed by atoms with van der Waals surface area (Å²) in [4.78, 5) is 2.82. The Bertz CT molecular complexity index is 4480. The number of nitrogens with zero attached hydrogens (tertiary/aromatic N) is 2. The molecule has 5 aliphatic rings. The smallest absolute Gasteiger partial charge is 0.333 e. The average molecular weight is 1020 g/mol. The molecule has 5 heterocycles. The zero-order valence-corrected chi connectivity index (χ0v) is 48.3. The topological polar surface area (TPSA) is 8.17 Å². The maximum Gasteiger partial charge on any atom is 0.333 e. The highest BCUT2D eigenvalue weighted by atomic mass is 32.1. The molecule has 8 aromatic carbocycles. The highest BCUT2D eigenvalue weighted by molar-refractivity contribution is 7.26. The average Bonchev–Trinajstić information content (AvgIpc) is 4.29. The number of hydrogen-bond donors (Lipinski definition) is 0. The summed E-state index contributed by atoms with van der Waals surface area (Å²) in [6.07, 6.45) is 4.76. The van der Waals surface area contributed by atoms with Crippen molar-refractivity contribution in [2.24, 2.45) is 0 Å². The van der Waals surface area contributed by atoms with Crippen LogP contribution in [0.3, 0.4) is 0 Å². The number of benzene rings is 8. The molecule has 5 heteroatoms. The molecule has 3 aliphatic carbocycles. The summed E-state index contributed by atoms with van der Waals surface area (Å²) in [5.41, 5.74) is 25.6. The fourth-order valence-corrected chi connectivity index (χ4v) is 18.1. The van der Waals surface area contributed by atoms with Gasteiger partial charge in [0.05, 0.1) is 11.0 Å². The monoisotopic (exact) mass is 1020 g/mol. The molecule has 0 amide bonds. The van der Waals surface area contributed by atoms with Gasteiger partial charge in [-0.15, -0.1) is 22.7 Å². The Balaban J connectivity index is 1.14. The fourth-order valence-electron chi connectivity index (χ4n) is 15.9. The van der Waals surface area contributed by atoms with Crippen molar-refractivity contribution < 1.29 is 0 Å². The van der Waals surface area contributed by atoms with Gasteiger partial charge in [-0.1, -0.05) is 145 Å². The predicted octanol–water partition coefficient (Wildman–Crippen LogP) is 19.1. The van der Waals surface area contributed by atoms with Crippen molar-refractivity contribution in [1.29, 1.82) is 0 Å². The molecule has 0 saturated carbocycles. The summed E-state index contributed by atoms with van der Waals surface area (Å²) >= 11 is 3.97. The molecule has 0 spiro atoms. The van der Waals surface area contributed by atoms with Gasteiger partial charge in [0, 0.05) is 79.2 Å². The molecule has 2 nitrogen and oxygen atoms in total. The lowest BCUT2D eigenvalue weighted by Gasteiger charge is -2.44. The van der Waals surface area contributed by atoms with E-state index >= 15 is 0 Å². The molecule has 0 fully saturated rings. The van der Waals surface area contributed by atoms with Crippen LogP contribution >= 0.6 is 22.7 Å². The summed E-state index contributed by atoms with van der Waals surface area (Å²) in [5.74, 6) is 0. The van der Waals surface area contributed by atoms with Crippen molar-refractivity contribution in [3.63, 3.8) is 0 Å². The fraction of sp³-hybridized carbons (Fsp3) is 0.324. The molecular formula is C71H67BN2S2. The first-order valence-electron chi connectivity index (χ1n) is 28.3. The minimum Gasteiger partial charge on any atom is -0.376 e. The van der Waals surface area contributed by atoms with Gasteiger partial charge in [0.2, 0.25) is 0 Å². The molecule has 16 rings (SSSR count). The third kappa shape index (κ3) is 5.74. The van der Waals surface area contributed by atoms with Crippen LogP contribution in [-0.4, -0.2) is 11.4 Å². The van der Waals surface area contributed by atoms with Gasteiger partial charge < -0.3 is 9.38 Å². The first-order chi connectivity index (χ1) is 36.0. The number of thiophene rings is 2. The number of rotatable bonds is 1. The van der Waals surface area contributed by atoms with Gasteiger partial charge in [-0.3, -0.25) is 0 Å². The van der Waals surface area contributed by atoms with Gasteiger partial charge in [-0.25, -0.2) is 0 Å². The van der Waals surface area contributed by atoms with Crippen molar-refractivity contribution in [1.82, 2.24) is 4.57 Å². The number of aromatic nitrogens is 1. The third-order valence-corrected chi connectivity index (χ3v) is 22.7. The Labute approximate surface area is 456 Å². The maximum atomic E-state index is 2.82. The molecule has 3 aromatic heterocycles. The van der Waals surface area contributed by atoms with Crippen LogP contribution in [0.15, 0.2) is 121 Å². The van der Waals surface area contributed by atoms with E-state index in [1.807, 2.05) is 22.7 Å². The van der Waals surface area contributed by atoms with Crippen LogP contribution in [0.2, 0.25) is 0 Å². The second-order valence-corrected chi connectivity index (χ2v) is 30.3.